The molecule has 3 nitrogen and oxygen atoms in total. The molecule has 0 saturated carbocycles. The molecule has 0 unspecified atom stereocenters. The normalized spacial score (nSPS) is 9.78. The fraction of sp³-hybridized carbons (Fsp3) is 0.143. The topological polar surface area (TPSA) is 50.1 Å². The number of aryl methyl sites for hydroxylation is 1. The van der Waals surface area contributed by atoms with Gasteiger partial charge in [0.25, 0.3) is 0 Å². The summed E-state index contributed by atoms with van der Waals surface area (Å²) in [4.78, 5) is 12.4. The number of nitrogens with zero attached hydrogens (tertiary/aromatic N) is 1. The van der Waals surface area contributed by atoms with Gasteiger partial charge < -0.3 is 4.74 Å². The molecule has 2 aromatic rings. The minimum absolute atomic E-state index is 0.186. The van der Waals surface area contributed by atoms with Crippen LogP contribution >= 0.6 is 11.3 Å². The van der Waals surface area contributed by atoms with Crippen molar-refractivity contribution in [3.63, 3.8) is 0 Å². The number of rotatable bonds is 3. The second-order valence-electron chi connectivity index (χ2n) is 3.82. The van der Waals surface area contributed by atoms with Gasteiger partial charge in [0.2, 0.25) is 0 Å². The van der Waals surface area contributed by atoms with Crippen LogP contribution in [0, 0.1) is 18.3 Å². The average Bonchev–Trinajstić information content (AvgIpc) is 2.82. The molecule has 0 aliphatic carbocycles. The van der Waals surface area contributed by atoms with Crippen molar-refractivity contribution in [3.05, 3.63) is 57.3 Å². The highest BCUT2D eigenvalue weighted by molar-refractivity contribution is 7.12. The van der Waals surface area contributed by atoms with Gasteiger partial charge in [-0.25, -0.2) is 4.79 Å². The van der Waals surface area contributed by atoms with Crippen LogP contribution < -0.4 is 0 Å². The smallest absolute Gasteiger partial charge is 0.348 e. The first-order valence-electron chi connectivity index (χ1n) is 5.41. The molecule has 18 heavy (non-hydrogen) atoms. The molecule has 1 aromatic heterocycles. The van der Waals surface area contributed by atoms with Crippen molar-refractivity contribution in [2.75, 3.05) is 0 Å². The molecule has 0 saturated heterocycles. The molecule has 1 heterocycles. The molecule has 90 valence electrons. The Labute approximate surface area is 109 Å². The van der Waals surface area contributed by atoms with Crippen molar-refractivity contribution in [2.24, 2.45) is 0 Å². The van der Waals surface area contributed by atoms with Gasteiger partial charge in [0.1, 0.15) is 11.5 Å². The van der Waals surface area contributed by atoms with E-state index in [2.05, 4.69) is 6.07 Å². The molecular weight excluding hydrogens is 246 g/mol. The Balaban J connectivity index is 2.02. The maximum Gasteiger partial charge on any atom is 0.348 e. The molecule has 0 N–H and O–H groups in total. The molecule has 0 spiro atoms. The Morgan fingerprint density at radius 3 is 2.94 bits per heavy atom. The van der Waals surface area contributed by atoms with E-state index in [1.165, 1.54) is 11.3 Å². The molecule has 0 aliphatic heterocycles. The maximum absolute atomic E-state index is 11.8. The highest BCUT2D eigenvalue weighted by Gasteiger charge is 2.11. The number of hydrogen-bond acceptors (Lipinski definition) is 4. The van der Waals surface area contributed by atoms with Crippen LogP contribution in [0.3, 0.4) is 0 Å². The fourth-order valence-corrected chi connectivity index (χ4v) is 2.34. The number of ether oxygens (including phenoxy) is 1. The summed E-state index contributed by atoms with van der Waals surface area (Å²) in [7, 11) is 0. The van der Waals surface area contributed by atoms with Gasteiger partial charge in [-0.1, -0.05) is 12.1 Å². The van der Waals surface area contributed by atoms with Crippen molar-refractivity contribution >= 4 is 17.3 Å². The number of hydrogen-bond donors (Lipinski definition) is 0. The van der Waals surface area contributed by atoms with Crippen LogP contribution in [0.1, 0.15) is 26.4 Å². The molecule has 0 radical (unpaired) electrons. The lowest BCUT2D eigenvalue weighted by Gasteiger charge is -2.04. The Bertz CT molecular complexity index is 610. The third kappa shape index (κ3) is 2.76. The number of carbonyl (C=O) groups is 1. The molecular formula is C14H11NO2S. The summed E-state index contributed by atoms with van der Waals surface area (Å²) < 4.78 is 5.21. The van der Waals surface area contributed by atoms with Crippen LogP contribution in [0.15, 0.2) is 35.7 Å². The summed E-state index contributed by atoms with van der Waals surface area (Å²) in [5, 5.41) is 10.6. The summed E-state index contributed by atoms with van der Waals surface area (Å²) in [6, 6.07) is 11.0. The van der Waals surface area contributed by atoms with Gasteiger partial charge in [-0.3, -0.25) is 0 Å². The standard InChI is InChI=1S/C14H11NO2S/c1-10-5-6-18-13(10)14(16)17-9-12-4-2-3-11(7-12)8-15/h2-7H,9H2,1H3. The minimum atomic E-state index is -0.315. The monoisotopic (exact) mass is 257 g/mol. The molecule has 0 bridgehead atoms. The maximum atomic E-state index is 11.8. The number of carbonyl (C=O) groups excluding carboxylic acids is 1. The number of nitriles is 1. The summed E-state index contributed by atoms with van der Waals surface area (Å²) >= 11 is 1.37. The van der Waals surface area contributed by atoms with Crippen molar-refractivity contribution < 1.29 is 9.53 Å². The quantitative estimate of drug-likeness (QED) is 0.793. The predicted octanol–water partition coefficient (Wildman–Crippen LogP) is 3.29. The lowest BCUT2D eigenvalue weighted by molar-refractivity contribution is 0.0478. The van der Waals surface area contributed by atoms with Crippen LogP contribution in [0.5, 0.6) is 0 Å². The first-order chi connectivity index (χ1) is 8.70. The molecule has 2 rings (SSSR count). The second kappa shape index (κ2) is 5.48. The Morgan fingerprint density at radius 1 is 1.44 bits per heavy atom. The van der Waals surface area contributed by atoms with Crippen LogP contribution in [0.4, 0.5) is 0 Å². The van der Waals surface area contributed by atoms with Crippen molar-refractivity contribution in [1.82, 2.24) is 0 Å². The summed E-state index contributed by atoms with van der Waals surface area (Å²) in [6.07, 6.45) is 0. The molecule has 0 fully saturated rings. The Kier molecular flexibility index (Phi) is 3.75. The van der Waals surface area contributed by atoms with Crippen LogP contribution in [-0.2, 0) is 11.3 Å². The first kappa shape index (κ1) is 12.3. The lowest BCUT2D eigenvalue weighted by atomic mass is 10.1. The highest BCUT2D eigenvalue weighted by Crippen LogP contribution is 2.17. The number of esters is 1. The van der Waals surface area contributed by atoms with E-state index in [0.717, 1.165) is 11.1 Å². The summed E-state index contributed by atoms with van der Waals surface area (Å²) in [5.74, 6) is -0.315. The van der Waals surface area contributed by atoms with Crippen LogP contribution in [0.2, 0.25) is 0 Å². The SMILES string of the molecule is Cc1ccsc1C(=O)OCc1cccc(C#N)c1. The fourth-order valence-electron chi connectivity index (χ4n) is 1.53. The van der Waals surface area contributed by atoms with Gasteiger partial charge >= 0.3 is 5.97 Å². The van der Waals surface area contributed by atoms with E-state index in [-0.39, 0.29) is 12.6 Å². The number of thiophene rings is 1. The molecule has 0 atom stereocenters. The van der Waals surface area contributed by atoms with Gasteiger partial charge in [-0.15, -0.1) is 11.3 Å². The predicted molar refractivity (Wildman–Crippen MR) is 69.3 cm³/mol. The second-order valence-corrected chi connectivity index (χ2v) is 4.74. The number of benzene rings is 1. The minimum Gasteiger partial charge on any atom is -0.457 e. The third-order valence-corrected chi connectivity index (χ3v) is 3.47. The van der Waals surface area contributed by atoms with Crippen LogP contribution in [-0.4, -0.2) is 5.97 Å². The van der Waals surface area contributed by atoms with E-state index in [1.54, 1.807) is 18.2 Å². The summed E-state index contributed by atoms with van der Waals surface area (Å²) in [5.41, 5.74) is 2.31. The largest absolute Gasteiger partial charge is 0.457 e. The van der Waals surface area contributed by atoms with Crippen molar-refractivity contribution in [1.29, 1.82) is 5.26 Å². The van der Waals surface area contributed by atoms with E-state index in [1.807, 2.05) is 24.4 Å². The van der Waals surface area contributed by atoms with E-state index in [0.29, 0.717) is 10.4 Å². The Morgan fingerprint density at radius 2 is 2.28 bits per heavy atom. The van der Waals surface area contributed by atoms with Crippen molar-refractivity contribution in [3.8, 4) is 6.07 Å². The first-order valence-corrected chi connectivity index (χ1v) is 6.29. The van der Waals surface area contributed by atoms with Gasteiger partial charge in [0.15, 0.2) is 0 Å². The zero-order valence-electron chi connectivity index (χ0n) is 9.84. The zero-order chi connectivity index (χ0) is 13.0. The molecule has 0 amide bonds. The van der Waals surface area contributed by atoms with E-state index >= 15 is 0 Å². The van der Waals surface area contributed by atoms with Gasteiger partial charge in [-0.05, 0) is 41.6 Å². The summed E-state index contributed by atoms with van der Waals surface area (Å²) in [6.45, 7) is 2.06. The average molecular weight is 257 g/mol. The van der Waals surface area contributed by atoms with Gasteiger partial charge in [-0.2, -0.15) is 5.26 Å². The van der Waals surface area contributed by atoms with Crippen LogP contribution in [0.25, 0.3) is 0 Å². The lowest BCUT2D eigenvalue weighted by Crippen LogP contribution is -2.04. The molecule has 0 aliphatic rings. The van der Waals surface area contributed by atoms with Crippen molar-refractivity contribution in [2.45, 2.75) is 13.5 Å². The highest BCUT2D eigenvalue weighted by atomic mass is 32.1. The third-order valence-electron chi connectivity index (χ3n) is 2.47. The van der Waals surface area contributed by atoms with E-state index < -0.39 is 0 Å². The Hall–Kier alpha value is -2.12. The van der Waals surface area contributed by atoms with E-state index in [9.17, 15) is 4.79 Å². The van der Waals surface area contributed by atoms with Gasteiger partial charge in [0, 0.05) is 0 Å². The zero-order valence-corrected chi connectivity index (χ0v) is 10.7. The van der Waals surface area contributed by atoms with E-state index in [4.69, 9.17) is 10.00 Å². The molecule has 1 aromatic carbocycles. The molecule has 4 heteroatoms. The van der Waals surface area contributed by atoms with Gasteiger partial charge in [0.05, 0.1) is 11.6 Å².